The maximum absolute atomic E-state index is 3.25. The molecule has 1 atom stereocenters. The van der Waals surface area contributed by atoms with E-state index in [-0.39, 0.29) is 0 Å². The van der Waals surface area contributed by atoms with Gasteiger partial charge in [-0.15, -0.1) is 0 Å². The summed E-state index contributed by atoms with van der Waals surface area (Å²) >= 11 is 0. The minimum absolute atomic E-state index is 0.404. The molecule has 2 aromatic rings. The van der Waals surface area contributed by atoms with E-state index in [0.29, 0.717) is 6.04 Å². The molecule has 2 rings (SSSR count). The van der Waals surface area contributed by atoms with Crippen LogP contribution in [0, 0.1) is 6.92 Å². The van der Waals surface area contributed by atoms with E-state index >= 15 is 0 Å². The summed E-state index contributed by atoms with van der Waals surface area (Å²) in [5.41, 5.74) is 5.19. The second kappa shape index (κ2) is 5.15. The van der Waals surface area contributed by atoms with Crippen LogP contribution in [0.1, 0.15) is 24.1 Å². The van der Waals surface area contributed by atoms with Crippen molar-refractivity contribution in [2.24, 2.45) is 0 Å². The highest BCUT2D eigenvalue weighted by Gasteiger charge is 2.02. The Morgan fingerprint density at radius 1 is 0.941 bits per heavy atom. The Morgan fingerprint density at radius 3 is 2.24 bits per heavy atom. The van der Waals surface area contributed by atoms with Crippen LogP contribution in [0.2, 0.25) is 0 Å². The largest absolute Gasteiger partial charge is 0.313 e. The van der Waals surface area contributed by atoms with Crippen LogP contribution in [0.4, 0.5) is 0 Å². The molecule has 1 nitrogen and oxygen atoms in total. The molecule has 17 heavy (non-hydrogen) atoms. The Bertz CT molecular complexity index is 485. The molecule has 2 aromatic carbocycles. The zero-order chi connectivity index (χ0) is 12.3. The van der Waals surface area contributed by atoms with Crippen molar-refractivity contribution in [3.63, 3.8) is 0 Å². The summed E-state index contributed by atoms with van der Waals surface area (Å²) in [6, 6.07) is 17.8. The lowest BCUT2D eigenvalue weighted by Crippen LogP contribution is -2.11. The van der Waals surface area contributed by atoms with Crippen LogP contribution in [-0.2, 0) is 0 Å². The monoisotopic (exact) mass is 225 g/mol. The molecule has 0 bridgehead atoms. The topological polar surface area (TPSA) is 12.0 Å². The fourth-order valence-electron chi connectivity index (χ4n) is 1.96. The van der Waals surface area contributed by atoms with Gasteiger partial charge in [-0.05, 0) is 37.6 Å². The van der Waals surface area contributed by atoms with Gasteiger partial charge in [0.15, 0.2) is 0 Å². The van der Waals surface area contributed by atoms with Gasteiger partial charge in [0, 0.05) is 6.04 Å². The molecule has 0 aromatic heterocycles. The molecule has 1 N–H and O–H groups in total. The fraction of sp³-hybridized carbons (Fsp3) is 0.250. The molecular weight excluding hydrogens is 206 g/mol. The third-order valence-electron chi connectivity index (χ3n) is 3.20. The van der Waals surface area contributed by atoms with Crippen molar-refractivity contribution in [1.29, 1.82) is 0 Å². The summed E-state index contributed by atoms with van der Waals surface area (Å²) in [7, 11) is 1.99. The summed E-state index contributed by atoms with van der Waals surface area (Å²) in [6.07, 6.45) is 0. The van der Waals surface area contributed by atoms with Gasteiger partial charge >= 0.3 is 0 Å². The first-order valence-corrected chi connectivity index (χ1v) is 6.05. The Balaban J connectivity index is 2.29. The molecule has 0 saturated heterocycles. The average Bonchev–Trinajstić information content (AvgIpc) is 2.38. The maximum Gasteiger partial charge on any atom is 0.0289 e. The number of aryl methyl sites for hydroxylation is 1. The van der Waals surface area contributed by atoms with Gasteiger partial charge in [0.25, 0.3) is 0 Å². The van der Waals surface area contributed by atoms with E-state index in [1.807, 2.05) is 7.05 Å². The molecule has 0 amide bonds. The first kappa shape index (κ1) is 11.9. The first-order valence-electron chi connectivity index (χ1n) is 6.05. The number of rotatable bonds is 3. The van der Waals surface area contributed by atoms with Gasteiger partial charge in [0.2, 0.25) is 0 Å². The molecule has 0 aliphatic heterocycles. The minimum Gasteiger partial charge on any atom is -0.313 e. The highest BCUT2D eigenvalue weighted by Crippen LogP contribution is 2.22. The quantitative estimate of drug-likeness (QED) is 0.834. The van der Waals surface area contributed by atoms with Crippen molar-refractivity contribution < 1.29 is 0 Å². The van der Waals surface area contributed by atoms with Crippen LogP contribution in [0.15, 0.2) is 48.5 Å². The zero-order valence-electron chi connectivity index (χ0n) is 10.7. The Labute approximate surface area is 103 Å². The Kier molecular flexibility index (Phi) is 3.60. The van der Waals surface area contributed by atoms with Crippen molar-refractivity contribution in [3.8, 4) is 11.1 Å². The number of benzene rings is 2. The predicted molar refractivity (Wildman–Crippen MR) is 74.1 cm³/mol. The molecule has 0 spiro atoms. The van der Waals surface area contributed by atoms with Crippen molar-refractivity contribution in [2.45, 2.75) is 19.9 Å². The third kappa shape index (κ3) is 2.75. The number of nitrogens with one attached hydrogen (secondary N) is 1. The van der Waals surface area contributed by atoms with Crippen molar-refractivity contribution >= 4 is 0 Å². The minimum atomic E-state index is 0.404. The smallest absolute Gasteiger partial charge is 0.0289 e. The van der Waals surface area contributed by atoms with E-state index in [4.69, 9.17) is 0 Å². The molecule has 0 aliphatic carbocycles. The van der Waals surface area contributed by atoms with Crippen molar-refractivity contribution in [3.05, 3.63) is 59.7 Å². The van der Waals surface area contributed by atoms with Crippen LogP contribution < -0.4 is 5.32 Å². The summed E-state index contributed by atoms with van der Waals surface area (Å²) in [4.78, 5) is 0. The molecule has 0 heterocycles. The molecule has 1 unspecified atom stereocenters. The summed E-state index contributed by atoms with van der Waals surface area (Å²) in [5.74, 6) is 0. The van der Waals surface area contributed by atoms with Crippen LogP contribution in [0.25, 0.3) is 11.1 Å². The molecular formula is C16H19N. The summed E-state index contributed by atoms with van der Waals surface area (Å²) < 4.78 is 0. The lowest BCUT2D eigenvalue weighted by atomic mass is 10.0. The van der Waals surface area contributed by atoms with Gasteiger partial charge in [-0.1, -0.05) is 54.1 Å². The van der Waals surface area contributed by atoms with Gasteiger partial charge in [-0.3, -0.25) is 0 Å². The second-order valence-corrected chi connectivity index (χ2v) is 4.50. The van der Waals surface area contributed by atoms with Gasteiger partial charge < -0.3 is 5.32 Å². The van der Waals surface area contributed by atoms with E-state index in [1.165, 1.54) is 22.3 Å². The van der Waals surface area contributed by atoms with Crippen molar-refractivity contribution in [2.75, 3.05) is 7.05 Å². The van der Waals surface area contributed by atoms with Crippen LogP contribution >= 0.6 is 0 Å². The molecule has 0 aliphatic rings. The van der Waals surface area contributed by atoms with E-state index in [0.717, 1.165) is 0 Å². The lowest BCUT2D eigenvalue weighted by molar-refractivity contribution is 0.652. The summed E-state index contributed by atoms with van der Waals surface area (Å²) in [5, 5.41) is 3.25. The predicted octanol–water partition coefficient (Wildman–Crippen LogP) is 3.94. The Hall–Kier alpha value is -1.60. The molecule has 88 valence electrons. The first-order chi connectivity index (χ1) is 8.20. The van der Waals surface area contributed by atoms with E-state index in [1.54, 1.807) is 0 Å². The molecule has 1 heteroatoms. The van der Waals surface area contributed by atoms with Gasteiger partial charge in [0.1, 0.15) is 0 Å². The average molecular weight is 225 g/mol. The van der Waals surface area contributed by atoms with Crippen molar-refractivity contribution in [1.82, 2.24) is 5.32 Å². The summed E-state index contributed by atoms with van der Waals surface area (Å²) in [6.45, 7) is 4.29. The standard InChI is InChI=1S/C16H19N/c1-12-5-4-6-16(11-12)15-9-7-14(8-10-15)13(2)17-3/h4-11,13,17H,1-3H3. The molecule has 0 fully saturated rings. The maximum atomic E-state index is 3.25. The van der Waals surface area contributed by atoms with Gasteiger partial charge in [-0.25, -0.2) is 0 Å². The highest BCUT2D eigenvalue weighted by atomic mass is 14.8. The van der Waals surface area contributed by atoms with Crippen LogP contribution in [0.3, 0.4) is 0 Å². The second-order valence-electron chi connectivity index (χ2n) is 4.50. The van der Waals surface area contributed by atoms with Crippen LogP contribution in [0.5, 0.6) is 0 Å². The Morgan fingerprint density at radius 2 is 1.65 bits per heavy atom. The van der Waals surface area contributed by atoms with Gasteiger partial charge in [0.05, 0.1) is 0 Å². The van der Waals surface area contributed by atoms with E-state index in [2.05, 4.69) is 67.7 Å². The number of hydrogen-bond donors (Lipinski definition) is 1. The van der Waals surface area contributed by atoms with E-state index in [9.17, 15) is 0 Å². The zero-order valence-corrected chi connectivity index (χ0v) is 10.7. The highest BCUT2D eigenvalue weighted by molar-refractivity contribution is 5.64. The third-order valence-corrected chi connectivity index (χ3v) is 3.20. The normalized spacial score (nSPS) is 12.4. The lowest BCUT2D eigenvalue weighted by Gasteiger charge is -2.11. The SMILES string of the molecule is CNC(C)c1ccc(-c2cccc(C)c2)cc1. The molecule has 0 radical (unpaired) electrons. The van der Waals surface area contributed by atoms with E-state index < -0.39 is 0 Å². The van der Waals surface area contributed by atoms with Gasteiger partial charge in [-0.2, -0.15) is 0 Å². The van der Waals surface area contributed by atoms with Crippen LogP contribution in [-0.4, -0.2) is 7.05 Å². The molecule has 0 saturated carbocycles. The number of hydrogen-bond acceptors (Lipinski definition) is 1. The fourth-order valence-corrected chi connectivity index (χ4v) is 1.96.